The second-order valence-electron chi connectivity index (χ2n) is 17.9. The molecule has 0 radical (unpaired) electrons. The number of morpholine rings is 1. The number of carbonyl (C=O) groups is 1. The van der Waals surface area contributed by atoms with Gasteiger partial charge in [-0.05, 0) is 111 Å². The SMILES string of the molecule is CC(=O)OC(C1C[C@@H](C)C2C(O1)[C@H](O)[C@@]1(C)C3CC[C@H]4C(C)(C)C(O[C@H]5CNCCO5)CCC45CC35CCC21C)C(C)(C)O. The molecule has 8 nitrogen and oxygen atoms in total. The summed E-state index contributed by atoms with van der Waals surface area (Å²) in [4.78, 5) is 12.0. The molecule has 0 amide bonds. The molecule has 7 aliphatic rings. The van der Waals surface area contributed by atoms with Crippen molar-refractivity contribution in [2.75, 3.05) is 19.7 Å². The van der Waals surface area contributed by atoms with Crippen molar-refractivity contribution in [3.05, 3.63) is 0 Å². The van der Waals surface area contributed by atoms with Crippen molar-refractivity contribution >= 4 is 5.97 Å². The third-order valence-electron chi connectivity index (χ3n) is 15.3. The average molecular weight is 618 g/mol. The summed E-state index contributed by atoms with van der Waals surface area (Å²) in [5.74, 6) is 1.16. The van der Waals surface area contributed by atoms with E-state index in [2.05, 4.69) is 39.9 Å². The minimum Gasteiger partial charge on any atom is -0.457 e. The Morgan fingerprint density at radius 1 is 1.05 bits per heavy atom. The molecule has 8 heteroatoms. The van der Waals surface area contributed by atoms with Crippen LogP contribution in [0, 0.1) is 50.7 Å². The summed E-state index contributed by atoms with van der Waals surface area (Å²) in [7, 11) is 0. The molecule has 0 aromatic rings. The smallest absolute Gasteiger partial charge is 0.303 e. The highest BCUT2D eigenvalue weighted by atomic mass is 16.7. The molecule has 5 aliphatic carbocycles. The fourth-order valence-electron chi connectivity index (χ4n) is 13.4. The molecule has 250 valence electrons. The van der Waals surface area contributed by atoms with E-state index in [1.54, 1.807) is 13.8 Å². The van der Waals surface area contributed by atoms with Crippen LogP contribution in [0.2, 0.25) is 0 Å². The van der Waals surface area contributed by atoms with Crippen LogP contribution >= 0.6 is 0 Å². The van der Waals surface area contributed by atoms with Gasteiger partial charge in [-0.3, -0.25) is 4.79 Å². The summed E-state index contributed by atoms with van der Waals surface area (Å²) in [5, 5.41) is 26.9. The predicted molar refractivity (Wildman–Crippen MR) is 165 cm³/mol. The maximum atomic E-state index is 12.5. The molecule has 2 aliphatic heterocycles. The van der Waals surface area contributed by atoms with E-state index in [4.69, 9.17) is 18.9 Å². The second kappa shape index (κ2) is 10.1. The van der Waals surface area contributed by atoms with E-state index in [1.807, 2.05) is 0 Å². The van der Waals surface area contributed by atoms with Crippen LogP contribution in [0.1, 0.15) is 107 Å². The maximum absolute atomic E-state index is 12.5. The lowest BCUT2D eigenvalue weighted by molar-refractivity contribution is -0.237. The van der Waals surface area contributed by atoms with E-state index in [0.29, 0.717) is 30.3 Å². The van der Waals surface area contributed by atoms with Crippen LogP contribution in [0.4, 0.5) is 0 Å². The van der Waals surface area contributed by atoms with Crippen molar-refractivity contribution in [3.63, 3.8) is 0 Å². The van der Waals surface area contributed by atoms with Crippen molar-refractivity contribution in [2.24, 2.45) is 50.7 Å². The van der Waals surface area contributed by atoms with Gasteiger partial charge in [0.05, 0.1) is 36.6 Å². The Bertz CT molecular complexity index is 1150. The molecule has 2 saturated heterocycles. The molecule has 0 bridgehead atoms. The first-order valence-corrected chi connectivity index (χ1v) is 17.7. The molecule has 7 rings (SSSR count). The molecule has 2 heterocycles. The molecule has 7 fully saturated rings. The highest BCUT2D eigenvalue weighted by Gasteiger charge is 2.84. The van der Waals surface area contributed by atoms with E-state index in [0.717, 1.165) is 32.4 Å². The lowest BCUT2D eigenvalue weighted by atomic mass is 9.41. The largest absolute Gasteiger partial charge is 0.457 e. The maximum Gasteiger partial charge on any atom is 0.303 e. The Labute approximate surface area is 264 Å². The first-order chi connectivity index (χ1) is 20.5. The molecular weight excluding hydrogens is 558 g/mol. The first-order valence-electron chi connectivity index (χ1n) is 17.7. The molecule has 5 saturated carbocycles. The van der Waals surface area contributed by atoms with E-state index in [-0.39, 0.29) is 52.0 Å². The summed E-state index contributed by atoms with van der Waals surface area (Å²) in [5.41, 5.74) is -0.862. The molecule has 9 unspecified atom stereocenters. The lowest BCUT2D eigenvalue weighted by Crippen LogP contribution is -2.60. The fraction of sp³-hybridized carbons (Fsp3) is 0.972. The topological polar surface area (TPSA) is 106 Å². The number of hydrogen-bond donors (Lipinski definition) is 3. The second-order valence-corrected chi connectivity index (χ2v) is 17.9. The first kappa shape index (κ1) is 31.8. The molecule has 3 N–H and O–H groups in total. The molecule has 2 spiro atoms. The summed E-state index contributed by atoms with van der Waals surface area (Å²) >= 11 is 0. The Kier molecular flexibility index (Phi) is 7.32. The Morgan fingerprint density at radius 2 is 1.75 bits per heavy atom. The van der Waals surface area contributed by atoms with Crippen LogP contribution in [-0.2, 0) is 23.7 Å². The van der Waals surface area contributed by atoms with Crippen molar-refractivity contribution in [3.8, 4) is 0 Å². The van der Waals surface area contributed by atoms with Crippen LogP contribution in [0.5, 0.6) is 0 Å². The number of nitrogens with one attached hydrogen (secondary N) is 1. The molecule has 0 aromatic carbocycles. The van der Waals surface area contributed by atoms with Gasteiger partial charge in [-0.25, -0.2) is 0 Å². The highest BCUT2D eigenvalue weighted by Crippen LogP contribution is 2.89. The molecule has 44 heavy (non-hydrogen) atoms. The zero-order valence-corrected chi connectivity index (χ0v) is 28.5. The van der Waals surface area contributed by atoms with E-state index >= 15 is 0 Å². The van der Waals surface area contributed by atoms with Crippen molar-refractivity contribution < 1.29 is 34.0 Å². The number of esters is 1. The Morgan fingerprint density at radius 3 is 2.41 bits per heavy atom. The van der Waals surface area contributed by atoms with Gasteiger partial charge >= 0.3 is 5.97 Å². The van der Waals surface area contributed by atoms with Crippen molar-refractivity contribution in [1.29, 1.82) is 0 Å². The average Bonchev–Trinajstić information content (AvgIpc) is 3.58. The van der Waals surface area contributed by atoms with Gasteiger partial charge in [0.25, 0.3) is 0 Å². The van der Waals surface area contributed by atoms with Gasteiger partial charge in [-0.15, -0.1) is 0 Å². The minimum atomic E-state index is -1.25. The number of rotatable bonds is 5. The number of hydrogen-bond acceptors (Lipinski definition) is 8. The van der Waals surface area contributed by atoms with E-state index in [1.165, 1.54) is 32.6 Å². The van der Waals surface area contributed by atoms with Gasteiger partial charge in [0.15, 0.2) is 12.4 Å². The van der Waals surface area contributed by atoms with Gasteiger partial charge in [-0.2, -0.15) is 0 Å². The van der Waals surface area contributed by atoms with Gasteiger partial charge in [0, 0.05) is 25.4 Å². The summed E-state index contributed by atoms with van der Waals surface area (Å²) in [6.07, 6.45) is 6.87. The van der Waals surface area contributed by atoms with E-state index < -0.39 is 29.9 Å². The summed E-state index contributed by atoms with van der Waals surface area (Å²) in [6.45, 7) is 19.2. The van der Waals surface area contributed by atoms with Crippen molar-refractivity contribution in [2.45, 2.75) is 149 Å². The zero-order valence-electron chi connectivity index (χ0n) is 28.5. The molecule has 0 aromatic heterocycles. The van der Waals surface area contributed by atoms with Gasteiger partial charge in [0.1, 0.15) is 0 Å². The van der Waals surface area contributed by atoms with Gasteiger partial charge in [0.2, 0.25) is 0 Å². The lowest BCUT2D eigenvalue weighted by Gasteiger charge is -2.64. The van der Waals surface area contributed by atoms with Crippen LogP contribution in [0.15, 0.2) is 0 Å². The van der Waals surface area contributed by atoms with Crippen LogP contribution in [0.25, 0.3) is 0 Å². The van der Waals surface area contributed by atoms with Crippen LogP contribution < -0.4 is 5.32 Å². The number of aliphatic hydroxyl groups is 2. The third-order valence-corrected chi connectivity index (χ3v) is 15.3. The number of aliphatic hydroxyl groups excluding tert-OH is 1. The summed E-state index contributed by atoms with van der Waals surface area (Å²) < 4.78 is 25.2. The zero-order chi connectivity index (χ0) is 31.7. The molecular formula is C36H59NO7. The molecule has 14 atom stereocenters. The Hall–Kier alpha value is -0.770. The predicted octanol–water partition coefficient (Wildman–Crippen LogP) is 4.83. The van der Waals surface area contributed by atoms with Crippen molar-refractivity contribution in [1.82, 2.24) is 5.32 Å². The Balaban J connectivity index is 1.16. The van der Waals surface area contributed by atoms with E-state index in [9.17, 15) is 15.0 Å². The van der Waals surface area contributed by atoms with Crippen LogP contribution in [0.3, 0.4) is 0 Å². The standard InChI is InChI=1S/C36H59NO7/c1-20-17-22(30(32(5,6)40)42-21(2)38)43-28-27(20)33(7)13-14-36-19-35(36)12-11-25(44-26-18-37-15-16-41-26)31(3,4)23(35)9-10-24(36)34(33,8)29(28)39/h20,22-30,37,39-40H,9-19H2,1-8H3/t20-,22?,23+,24?,25?,26+,27?,28?,29+,30?,33?,34-,35?,36?/m1/s1. The highest BCUT2D eigenvalue weighted by molar-refractivity contribution is 5.66. The quantitative estimate of drug-likeness (QED) is 0.377. The minimum absolute atomic E-state index is 0.0409. The van der Waals surface area contributed by atoms with Gasteiger partial charge < -0.3 is 34.5 Å². The normalized spacial score (nSPS) is 53.3. The number of carbonyl (C=O) groups excluding carboxylic acids is 1. The fourth-order valence-corrected chi connectivity index (χ4v) is 13.4. The monoisotopic (exact) mass is 617 g/mol. The summed E-state index contributed by atoms with van der Waals surface area (Å²) in [6, 6.07) is 0. The van der Waals surface area contributed by atoms with Crippen LogP contribution in [-0.4, -0.2) is 78.3 Å². The number of fused-ring (bicyclic) bond motifs is 4. The van der Waals surface area contributed by atoms with Gasteiger partial charge in [-0.1, -0.05) is 34.6 Å². The number of ether oxygens (including phenoxy) is 4. The third kappa shape index (κ3) is 4.12.